The number of nitrogens with zero attached hydrogens (tertiary/aromatic N) is 3. The van der Waals surface area contributed by atoms with E-state index in [1.165, 1.54) is 0 Å². The van der Waals surface area contributed by atoms with Crippen molar-refractivity contribution in [3.05, 3.63) is 46.8 Å². The van der Waals surface area contributed by atoms with Gasteiger partial charge in [0.1, 0.15) is 5.75 Å². The van der Waals surface area contributed by atoms with Gasteiger partial charge in [-0.1, -0.05) is 19.1 Å². The van der Waals surface area contributed by atoms with Gasteiger partial charge in [0.15, 0.2) is 5.69 Å². The van der Waals surface area contributed by atoms with Gasteiger partial charge in [0.2, 0.25) is 5.91 Å². The van der Waals surface area contributed by atoms with Crippen LogP contribution in [0.5, 0.6) is 5.75 Å². The minimum Gasteiger partial charge on any atom is -0.497 e. The summed E-state index contributed by atoms with van der Waals surface area (Å²) in [7, 11) is 1.64. The van der Waals surface area contributed by atoms with Crippen LogP contribution in [0.3, 0.4) is 0 Å². The van der Waals surface area contributed by atoms with E-state index in [2.05, 4.69) is 10.2 Å². The smallest absolute Gasteiger partial charge is 0.274 e. The number of nitrogens with one attached hydrogen (secondary N) is 1. The van der Waals surface area contributed by atoms with Crippen molar-refractivity contribution < 1.29 is 14.3 Å². The van der Waals surface area contributed by atoms with Crippen molar-refractivity contribution in [1.29, 1.82) is 0 Å². The number of H-pyrrole nitrogens is 1. The maximum Gasteiger partial charge on any atom is 0.274 e. The summed E-state index contributed by atoms with van der Waals surface area (Å²) in [5, 5.41) is 7.25. The summed E-state index contributed by atoms with van der Waals surface area (Å²) in [6, 6.07) is 7.89. The van der Waals surface area contributed by atoms with Crippen LogP contribution in [0.25, 0.3) is 0 Å². The second kappa shape index (κ2) is 7.54. The maximum absolute atomic E-state index is 13.1. The Balaban J connectivity index is 1.58. The fourth-order valence-corrected chi connectivity index (χ4v) is 4.90. The van der Waals surface area contributed by atoms with Gasteiger partial charge in [-0.25, -0.2) is 0 Å². The van der Waals surface area contributed by atoms with Gasteiger partial charge in [0, 0.05) is 49.7 Å². The van der Waals surface area contributed by atoms with Crippen LogP contribution in [-0.2, 0) is 11.2 Å². The molecule has 2 saturated heterocycles. The average molecular weight is 396 g/mol. The Morgan fingerprint density at radius 1 is 1.21 bits per heavy atom. The van der Waals surface area contributed by atoms with Crippen LogP contribution in [0.1, 0.15) is 47.2 Å². The summed E-state index contributed by atoms with van der Waals surface area (Å²) in [4.78, 5) is 29.3. The number of aryl methyl sites for hydroxylation is 1. The van der Waals surface area contributed by atoms with Gasteiger partial charge in [-0.05, 0) is 31.0 Å². The first kappa shape index (κ1) is 19.5. The molecule has 0 saturated carbocycles. The molecule has 0 spiro atoms. The van der Waals surface area contributed by atoms with Gasteiger partial charge < -0.3 is 14.5 Å². The summed E-state index contributed by atoms with van der Waals surface area (Å²) in [5.41, 5.74) is 3.55. The minimum atomic E-state index is -0.0207. The molecule has 2 aromatic rings. The Labute approximate surface area is 171 Å². The third-order valence-electron chi connectivity index (χ3n) is 6.48. The lowest BCUT2D eigenvalue weighted by atomic mass is 9.89. The van der Waals surface area contributed by atoms with E-state index in [1.54, 1.807) is 14.0 Å². The predicted molar refractivity (Wildman–Crippen MR) is 109 cm³/mol. The van der Waals surface area contributed by atoms with E-state index in [0.717, 1.165) is 29.0 Å². The first-order chi connectivity index (χ1) is 13.9. The molecule has 3 atom stereocenters. The second-order valence-corrected chi connectivity index (χ2v) is 8.05. The van der Waals surface area contributed by atoms with Crippen LogP contribution in [0.2, 0.25) is 0 Å². The topological polar surface area (TPSA) is 78.5 Å². The van der Waals surface area contributed by atoms with E-state index in [4.69, 9.17) is 4.74 Å². The van der Waals surface area contributed by atoms with Crippen molar-refractivity contribution in [2.45, 2.75) is 33.2 Å². The number of fused-ring (bicyclic) bond motifs is 1. The number of carbonyl (C=O) groups excluding carboxylic acids is 2. The molecule has 154 valence electrons. The number of carbonyl (C=O) groups is 2. The predicted octanol–water partition coefficient (Wildman–Crippen LogP) is 2.58. The van der Waals surface area contributed by atoms with E-state index in [1.807, 2.05) is 47.9 Å². The Kier molecular flexibility index (Phi) is 5.06. The number of aromatic nitrogens is 2. The normalized spacial score (nSPS) is 23.4. The highest BCUT2D eigenvalue weighted by Gasteiger charge is 2.49. The van der Waals surface area contributed by atoms with Crippen molar-refractivity contribution in [2.75, 3.05) is 26.7 Å². The van der Waals surface area contributed by atoms with Gasteiger partial charge in [-0.2, -0.15) is 5.10 Å². The SMILES string of the molecule is CCc1[nH]nc(C(=O)N2C[C@@H]3CN(C(C)=O)[C@@H](c4ccc(OC)cc4)[C@@H]3C2)c1C. The molecule has 4 rings (SSSR count). The van der Waals surface area contributed by atoms with Crippen LogP contribution in [-0.4, -0.2) is 58.6 Å². The zero-order valence-electron chi connectivity index (χ0n) is 17.4. The van der Waals surface area contributed by atoms with Crippen molar-refractivity contribution in [2.24, 2.45) is 11.8 Å². The molecular formula is C22H28N4O3. The van der Waals surface area contributed by atoms with E-state index < -0.39 is 0 Å². The molecule has 0 aliphatic carbocycles. The standard InChI is InChI=1S/C22H28N4O3/c1-5-19-13(2)20(24-23-19)22(28)25-10-16-11-26(14(3)27)21(18(16)12-25)15-6-8-17(29-4)9-7-15/h6-9,16,18,21H,5,10-12H2,1-4H3,(H,23,24)/t16-,18-,21+/m1/s1. The zero-order valence-corrected chi connectivity index (χ0v) is 17.4. The number of hydrogen-bond acceptors (Lipinski definition) is 4. The zero-order chi connectivity index (χ0) is 20.7. The number of hydrogen-bond donors (Lipinski definition) is 1. The molecule has 7 nitrogen and oxygen atoms in total. The molecule has 3 heterocycles. The lowest BCUT2D eigenvalue weighted by Gasteiger charge is -2.29. The van der Waals surface area contributed by atoms with E-state index >= 15 is 0 Å². The van der Waals surface area contributed by atoms with E-state index in [0.29, 0.717) is 25.3 Å². The van der Waals surface area contributed by atoms with Gasteiger partial charge in [0.25, 0.3) is 5.91 Å². The quantitative estimate of drug-likeness (QED) is 0.862. The average Bonchev–Trinajstić information content (AvgIpc) is 3.39. The highest BCUT2D eigenvalue weighted by Crippen LogP contribution is 2.45. The molecule has 7 heteroatoms. The Morgan fingerprint density at radius 2 is 1.93 bits per heavy atom. The number of benzene rings is 1. The number of aromatic amines is 1. The molecule has 1 N–H and O–H groups in total. The monoisotopic (exact) mass is 396 g/mol. The molecule has 29 heavy (non-hydrogen) atoms. The van der Waals surface area contributed by atoms with Crippen LogP contribution >= 0.6 is 0 Å². The first-order valence-electron chi connectivity index (χ1n) is 10.2. The minimum absolute atomic E-state index is 0.0179. The van der Waals surface area contributed by atoms with Crippen molar-refractivity contribution in [3.63, 3.8) is 0 Å². The van der Waals surface area contributed by atoms with Crippen molar-refractivity contribution in [1.82, 2.24) is 20.0 Å². The molecule has 0 unspecified atom stereocenters. The highest BCUT2D eigenvalue weighted by molar-refractivity contribution is 5.94. The Morgan fingerprint density at radius 3 is 2.52 bits per heavy atom. The van der Waals surface area contributed by atoms with Crippen LogP contribution < -0.4 is 4.74 Å². The van der Waals surface area contributed by atoms with Crippen molar-refractivity contribution >= 4 is 11.8 Å². The summed E-state index contributed by atoms with van der Waals surface area (Å²) in [6.07, 6.45) is 0.824. The van der Waals surface area contributed by atoms with Crippen LogP contribution in [0.4, 0.5) is 0 Å². The lowest BCUT2D eigenvalue weighted by molar-refractivity contribution is -0.130. The summed E-state index contributed by atoms with van der Waals surface area (Å²) >= 11 is 0. The largest absolute Gasteiger partial charge is 0.497 e. The molecular weight excluding hydrogens is 368 g/mol. The summed E-state index contributed by atoms with van der Waals surface area (Å²) in [6.45, 7) is 7.60. The fourth-order valence-electron chi connectivity index (χ4n) is 4.90. The molecule has 0 bridgehead atoms. The molecule has 0 radical (unpaired) electrons. The van der Waals surface area contributed by atoms with E-state index in [-0.39, 0.29) is 29.7 Å². The van der Waals surface area contributed by atoms with Crippen molar-refractivity contribution in [3.8, 4) is 5.75 Å². The first-order valence-corrected chi connectivity index (χ1v) is 10.2. The van der Waals surface area contributed by atoms with Gasteiger partial charge in [0.05, 0.1) is 13.2 Å². The summed E-state index contributed by atoms with van der Waals surface area (Å²) in [5.74, 6) is 1.35. The molecule has 2 amide bonds. The third-order valence-corrected chi connectivity index (χ3v) is 6.48. The molecule has 1 aromatic heterocycles. The van der Waals surface area contributed by atoms with Crippen LogP contribution in [0, 0.1) is 18.8 Å². The number of ether oxygens (including phenoxy) is 1. The maximum atomic E-state index is 13.1. The summed E-state index contributed by atoms with van der Waals surface area (Å²) < 4.78 is 5.27. The second-order valence-electron chi connectivity index (χ2n) is 8.05. The van der Waals surface area contributed by atoms with E-state index in [9.17, 15) is 9.59 Å². The lowest BCUT2D eigenvalue weighted by Crippen LogP contribution is -2.36. The molecule has 2 aliphatic rings. The van der Waals surface area contributed by atoms with Gasteiger partial charge in [-0.3, -0.25) is 14.7 Å². The van der Waals surface area contributed by atoms with Gasteiger partial charge >= 0.3 is 0 Å². The molecule has 2 aliphatic heterocycles. The number of methoxy groups -OCH3 is 1. The highest BCUT2D eigenvalue weighted by atomic mass is 16.5. The molecule has 2 fully saturated rings. The number of rotatable bonds is 4. The number of likely N-dealkylation sites (tertiary alicyclic amines) is 2. The number of amides is 2. The molecule has 1 aromatic carbocycles. The van der Waals surface area contributed by atoms with Gasteiger partial charge in [-0.15, -0.1) is 0 Å². The Bertz CT molecular complexity index is 921. The Hall–Kier alpha value is -2.83. The van der Waals surface area contributed by atoms with Crippen LogP contribution in [0.15, 0.2) is 24.3 Å². The third kappa shape index (κ3) is 3.28. The fraction of sp³-hybridized carbons (Fsp3) is 0.500.